The van der Waals surface area contributed by atoms with E-state index in [1.165, 1.54) is 12.1 Å². The Hall–Kier alpha value is -2.76. The normalized spacial score (nSPS) is 11.6. The number of carbonyl (C=O) groups is 1. The lowest BCUT2D eigenvalue weighted by atomic mass is 10.2. The summed E-state index contributed by atoms with van der Waals surface area (Å²) in [5.41, 5.74) is 0. The molecule has 6 heteroatoms. The molecule has 1 amide bonds. The van der Waals surface area contributed by atoms with Gasteiger partial charge in [0.15, 0.2) is 0 Å². The number of nitrogens with one attached hydrogen (secondary N) is 1. The van der Waals surface area contributed by atoms with Gasteiger partial charge in [0, 0.05) is 12.5 Å². The summed E-state index contributed by atoms with van der Waals surface area (Å²) in [7, 11) is 0. The fourth-order valence-electron chi connectivity index (χ4n) is 1.88. The van der Waals surface area contributed by atoms with Crippen LogP contribution in [-0.4, -0.2) is 23.8 Å². The van der Waals surface area contributed by atoms with Gasteiger partial charge in [-0.05, 0) is 55.5 Å². The third kappa shape index (κ3) is 5.86. The minimum Gasteiger partial charge on any atom is -0.494 e. The number of hydrogen-bond acceptors (Lipinski definition) is 3. The summed E-state index contributed by atoms with van der Waals surface area (Å²) in [4.78, 5) is 10.5. The van der Waals surface area contributed by atoms with Crippen molar-refractivity contribution in [1.82, 2.24) is 5.32 Å². The maximum atomic E-state index is 12.8. The first-order chi connectivity index (χ1) is 11.0. The second kappa shape index (κ2) is 8.03. The third-order valence-corrected chi connectivity index (χ3v) is 3.06. The Bertz CT molecular complexity index is 628. The second-order valence-electron chi connectivity index (χ2n) is 5.02. The van der Waals surface area contributed by atoms with Crippen molar-refractivity contribution >= 4 is 6.09 Å². The van der Waals surface area contributed by atoms with E-state index in [-0.39, 0.29) is 11.9 Å². The molecule has 2 rings (SSSR count). The lowest BCUT2D eigenvalue weighted by Crippen LogP contribution is -2.32. The molecule has 0 radical (unpaired) electrons. The molecule has 0 saturated carbocycles. The molecule has 0 fully saturated rings. The summed E-state index contributed by atoms with van der Waals surface area (Å²) < 4.78 is 23.9. The molecule has 1 atom stereocenters. The van der Waals surface area contributed by atoms with Gasteiger partial charge in [-0.1, -0.05) is 0 Å². The minimum absolute atomic E-state index is 0.173. The first-order valence-corrected chi connectivity index (χ1v) is 7.18. The highest BCUT2D eigenvalue weighted by molar-refractivity contribution is 5.64. The predicted molar refractivity (Wildman–Crippen MR) is 83.7 cm³/mol. The van der Waals surface area contributed by atoms with E-state index in [2.05, 4.69) is 5.32 Å². The molecule has 122 valence electrons. The van der Waals surface area contributed by atoms with E-state index >= 15 is 0 Å². The van der Waals surface area contributed by atoms with Gasteiger partial charge in [0.25, 0.3) is 0 Å². The molecule has 0 saturated heterocycles. The number of carboxylic acid groups (broad SMARTS) is 1. The van der Waals surface area contributed by atoms with Gasteiger partial charge in [0.2, 0.25) is 0 Å². The summed E-state index contributed by atoms with van der Waals surface area (Å²) in [5, 5.41) is 10.9. The SMILES string of the molecule is CC(CCOc1ccc(Oc2ccc(F)cc2)cc1)NC(=O)O. The number of amides is 1. The molecular weight excluding hydrogens is 301 g/mol. The van der Waals surface area contributed by atoms with Gasteiger partial charge in [-0.15, -0.1) is 0 Å². The Kier molecular flexibility index (Phi) is 5.80. The molecule has 2 aromatic carbocycles. The smallest absolute Gasteiger partial charge is 0.404 e. The van der Waals surface area contributed by atoms with Crippen LogP contribution >= 0.6 is 0 Å². The molecular formula is C17H18FNO4. The Balaban J connectivity index is 1.80. The van der Waals surface area contributed by atoms with Crippen LogP contribution in [0.4, 0.5) is 9.18 Å². The van der Waals surface area contributed by atoms with Crippen LogP contribution in [0.15, 0.2) is 48.5 Å². The van der Waals surface area contributed by atoms with Crippen LogP contribution in [0.2, 0.25) is 0 Å². The Morgan fingerprint density at radius 1 is 1.09 bits per heavy atom. The van der Waals surface area contributed by atoms with Crippen LogP contribution < -0.4 is 14.8 Å². The van der Waals surface area contributed by atoms with E-state index in [9.17, 15) is 9.18 Å². The van der Waals surface area contributed by atoms with Crippen LogP contribution in [-0.2, 0) is 0 Å². The van der Waals surface area contributed by atoms with Crippen molar-refractivity contribution in [2.45, 2.75) is 19.4 Å². The van der Waals surface area contributed by atoms with Crippen LogP contribution in [0, 0.1) is 5.82 Å². The first kappa shape index (κ1) is 16.6. The lowest BCUT2D eigenvalue weighted by molar-refractivity contribution is 0.188. The fourth-order valence-corrected chi connectivity index (χ4v) is 1.88. The molecule has 0 bridgehead atoms. The van der Waals surface area contributed by atoms with Crippen LogP contribution in [0.3, 0.4) is 0 Å². The molecule has 0 aliphatic heterocycles. The fraction of sp³-hybridized carbons (Fsp3) is 0.235. The molecule has 2 aromatic rings. The number of benzene rings is 2. The topological polar surface area (TPSA) is 67.8 Å². The summed E-state index contributed by atoms with van der Waals surface area (Å²) in [6, 6.07) is 12.6. The van der Waals surface area contributed by atoms with Crippen molar-refractivity contribution in [1.29, 1.82) is 0 Å². The van der Waals surface area contributed by atoms with Crippen LogP contribution in [0.25, 0.3) is 0 Å². The monoisotopic (exact) mass is 319 g/mol. The van der Waals surface area contributed by atoms with Gasteiger partial charge in [-0.2, -0.15) is 0 Å². The standard InChI is InChI=1S/C17H18FNO4/c1-12(19-17(20)21)10-11-22-14-6-8-16(9-7-14)23-15-4-2-13(18)3-5-15/h2-9,12,19H,10-11H2,1H3,(H,20,21). The third-order valence-electron chi connectivity index (χ3n) is 3.06. The molecule has 1 unspecified atom stereocenters. The number of rotatable bonds is 7. The summed E-state index contributed by atoms with van der Waals surface area (Å²) in [5.74, 6) is 1.52. The van der Waals surface area contributed by atoms with Crippen molar-refractivity contribution in [3.8, 4) is 17.2 Å². The van der Waals surface area contributed by atoms with E-state index in [0.717, 1.165) is 0 Å². The molecule has 0 heterocycles. The molecule has 0 aliphatic rings. The highest BCUT2D eigenvalue weighted by Gasteiger charge is 2.05. The Labute approximate surface area is 133 Å². The molecule has 0 aliphatic carbocycles. The first-order valence-electron chi connectivity index (χ1n) is 7.18. The lowest BCUT2D eigenvalue weighted by Gasteiger charge is -2.12. The van der Waals surface area contributed by atoms with Gasteiger partial charge in [-0.25, -0.2) is 9.18 Å². The van der Waals surface area contributed by atoms with Gasteiger partial charge < -0.3 is 19.9 Å². The molecule has 23 heavy (non-hydrogen) atoms. The van der Waals surface area contributed by atoms with Crippen LogP contribution in [0.1, 0.15) is 13.3 Å². The maximum absolute atomic E-state index is 12.8. The molecule has 2 N–H and O–H groups in total. The van der Waals surface area contributed by atoms with E-state index in [1.807, 2.05) is 0 Å². The Morgan fingerprint density at radius 2 is 1.61 bits per heavy atom. The summed E-state index contributed by atoms with van der Waals surface area (Å²) >= 11 is 0. The summed E-state index contributed by atoms with van der Waals surface area (Å²) in [6.07, 6.45) is -0.472. The highest BCUT2D eigenvalue weighted by atomic mass is 19.1. The zero-order valence-electron chi connectivity index (χ0n) is 12.7. The predicted octanol–water partition coefficient (Wildman–Crippen LogP) is 4.04. The number of ether oxygens (including phenoxy) is 2. The average molecular weight is 319 g/mol. The van der Waals surface area contributed by atoms with Gasteiger partial charge >= 0.3 is 6.09 Å². The highest BCUT2D eigenvalue weighted by Crippen LogP contribution is 2.24. The zero-order valence-corrected chi connectivity index (χ0v) is 12.7. The van der Waals surface area contributed by atoms with Crippen LogP contribution in [0.5, 0.6) is 17.2 Å². The van der Waals surface area contributed by atoms with Gasteiger partial charge in [-0.3, -0.25) is 0 Å². The van der Waals surface area contributed by atoms with Gasteiger partial charge in [0.05, 0.1) is 6.61 Å². The van der Waals surface area contributed by atoms with Crippen molar-refractivity contribution in [2.24, 2.45) is 0 Å². The molecule has 0 aromatic heterocycles. The largest absolute Gasteiger partial charge is 0.494 e. The van der Waals surface area contributed by atoms with E-state index < -0.39 is 6.09 Å². The molecule has 0 spiro atoms. The van der Waals surface area contributed by atoms with E-state index in [4.69, 9.17) is 14.6 Å². The minimum atomic E-state index is -1.04. The van der Waals surface area contributed by atoms with Crippen molar-refractivity contribution < 1.29 is 23.8 Å². The summed E-state index contributed by atoms with van der Waals surface area (Å²) in [6.45, 7) is 2.18. The van der Waals surface area contributed by atoms with E-state index in [0.29, 0.717) is 30.3 Å². The molecule has 5 nitrogen and oxygen atoms in total. The second-order valence-corrected chi connectivity index (χ2v) is 5.02. The number of halogens is 1. The number of hydrogen-bond donors (Lipinski definition) is 2. The van der Waals surface area contributed by atoms with Crippen molar-refractivity contribution in [3.63, 3.8) is 0 Å². The quantitative estimate of drug-likeness (QED) is 0.808. The zero-order chi connectivity index (χ0) is 16.7. The average Bonchev–Trinajstić information content (AvgIpc) is 2.50. The van der Waals surface area contributed by atoms with Crippen molar-refractivity contribution in [2.75, 3.05) is 6.61 Å². The maximum Gasteiger partial charge on any atom is 0.404 e. The van der Waals surface area contributed by atoms with Gasteiger partial charge in [0.1, 0.15) is 23.1 Å². The van der Waals surface area contributed by atoms with E-state index in [1.54, 1.807) is 43.3 Å². The van der Waals surface area contributed by atoms with Crippen molar-refractivity contribution in [3.05, 3.63) is 54.3 Å². The Morgan fingerprint density at radius 3 is 2.17 bits per heavy atom.